The number of hydrogen-bond acceptors (Lipinski definition) is 5. The highest BCUT2D eigenvalue weighted by molar-refractivity contribution is 7.91. The van der Waals surface area contributed by atoms with Crippen LogP contribution in [0, 0.1) is 5.92 Å². The van der Waals surface area contributed by atoms with Crippen molar-refractivity contribution in [2.24, 2.45) is 5.92 Å². The first-order chi connectivity index (χ1) is 10.1. The van der Waals surface area contributed by atoms with Gasteiger partial charge in [-0.1, -0.05) is 18.2 Å². The molecule has 1 aromatic rings. The van der Waals surface area contributed by atoms with Gasteiger partial charge in [0, 0.05) is 6.54 Å². The van der Waals surface area contributed by atoms with E-state index in [1.54, 1.807) is 0 Å². The average Bonchev–Trinajstić information content (AvgIpc) is 2.82. The maximum atomic E-state index is 11.4. The molecule has 0 bridgehead atoms. The van der Waals surface area contributed by atoms with E-state index in [4.69, 9.17) is 9.47 Å². The summed E-state index contributed by atoms with van der Waals surface area (Å²) in [4.78, 5) is 11.4. The summed E-state index contributed by atoms with van der Waals surface area (Å²) in [6, 6.07) is 9.25. The minimum absolute atomic E-state index is 0.0110. The fourth-order valence-corrected chi connectivity index (χ4v) is 3.98. The highest BCUT2D eigenvalue weighted by Gasteiger charge is 2.27. The second-order valence-electron chi connectivity index (χ2n) is 4.95. The SMILES string of the molecule is O=C(NCC1CCS(=O)(=O)C1)OCCOc1ccccc1. The van der Waals surface area contributed by atoms with Gasteiger partial charge in [0.05, 0.1) is 11.5 Å². The van der Waals surface area contributed by atoms with E-state index in [0.29, 0.717) is 13.0 Å². The molecule has 0 aromatic heterocycles. The van der Waals surface area contributed by atoms with E-state index in [0.717, 1.165) is 5.75 Å². The first-order valence-corrected chi connectivity index (χ1v) is 8.66. The third-order valence-electron chi connectivity index (χ3n) is 3.19. The third-order valence-corrected chi connectivity index (χ3v) is 5.03. The van der Waals surface area contributed by atoms with Crippen LogP contribution in [0.25, 0.3) is 0 Å². The lowest BCUT2D eigenvalue weighted by molar-refractivity contribution is 0.124. The number of hydrogen-bond donors (Lipinski definition) is 1. The molecule has 116 valence electrons. The van der Waals surface area contributed by atoms with Crippen molar-refractivity contribution < 1.29 is 22.7 Å². The fourth-order valence-electron chi connectivity index (χ4n) is 2.12. The first kappa shape index (κ1) is 15.6. The van der Waals surface area contributed by atoms with E-state index in [-0.39, 0.29) is 30.6 Å². The number of rotatable bonds is 6. The Hall–Kier alpha value is -1.76. The summed E-state index contributed by atoms with van der Waals surface area (Å²) in [5.41, 5.74) is 0. The molecule has 6 nitrogen and oxygen atoms in total. The summed E-state index contributed by atoms with van der Waals surface area (Å²) in [5.74, 6) is 1.06. The number of alkyl carbamates (subject to hydrolysis) is 1. The number of benzene rings is 1. The Kier molecular flexibility index (Phi) is 5.44. The molecule has 1 heterocycles. The summed E-state index contributed by atoms with van der Waals surface area (Å²) in [6.07, 6.45) is 0.0515. The Balaban J connectivity index is 1.56. The number of ether oxygens (including phenoxy) is 2. The summed E-state index contributed by atoms with van der Waals surface area (Å²) >= 11 is 0. The zero-order chi connectivity index (χ0) is 15.1. The zero-order valence-electron chi connectivity index (χ0n) is 11.7. The van der Waals surface area contributed by atoms with Gasteiger partial charge in [0.2, 0.25) is 0 Å². The molecule has 1 fully saturated rings. The lowest BCUT2D eigenvalue weighted by Crippen LogP contribution is -2.31. The molecule has 1 atom stereocenters. The Labute approximate surface area is 124 Å². The maximum absolute atomic E-state index is 11.4. The second-order valence-corrected chi connectivity index (χ2v) is 7.18. The Morgan fingerprint density at radius 3 is 2.67 bits per heavy atom. The molecule has 1 saturated heterocycles. The quantitative estimate of drug-likeness (QED) is 0.799. The molecule has 7 heteroatoms. The van der Waals surface area contributed by atoms with Crippen molar-refractivity contribution in [3.05, 3.63) is 30.3 Å². The van der Waals surface area contributed by atoms with Crippen molar-refractivity contribution >= 4 is 15.9 Å². The number of carbonyl (C=O) groups excluding carboxylic acids is 1. The largest absolute Gasteiger partial charge is 0.490 e. The molecule has 0 aliphatic carbocycles. The molecule has 1 aromatic carbocycles. The van der Waals surface area contributed by atoms with Crippen LogP contribution >= 0.6 is 0 Å². The van der Waals surface area contributed by atoms with Crippen molar-refractivity contribution in [2.75, 3.05) is 31.3 Å². The first-order valence-electron chi connectivity index (χ1n) is 6.84. The number of sulfone groups is 1. The van der Waals surface area contributed by atoms with Crippen molar-refractivity contribution in [1.29, 1.82) is 0 Å². The van der Waals surface area contributed by atoms with Crippen molar-refractivity contribution in [3.8, 4) is 5.75 Å². The van der Waals surface area contributed by atoms with Gasteiger partial charge in [-0.05, 0) is 24.5 Å². The summed E-state index contributed by atoms with van der Waals surface area (Å²) in [5, 5.41) is 2.58. The Bertz CT molecular complexity index is 558. The lowest BCUT2D eigenvalue weighted by atomic mass is 10.1. The van der Waals surface area contributed by atoms with Crippen molar-refractivity contribution in [3.63, 3.8) is 0 Å². The van der Waals surface area contributed by atoms with E-state index in [1.807, 2.05) is 30.3 Å². The minimum atomic E-state index is -2.91. The molecule has 0 spiro atoms. The lowest BCUT2D eigenvalue weighted by Gasteiger charge is -2.10. The predicted octanol–water partition coefficient (Wildman–Crippen LogP) is 1.23. The Morgan fingerprint density at radius 1 is 1.24 bits per heavy atom. The van der Waals surface area contributed by atoms with E-state index >= 15 is 0 Å². The number of nitrogens with one attached hydrogen (secondary N) is 1. The number of carbonyl (C=O) groups is 1. The molecule has 1 aliphatic heterocycles. The van der Waals surface area contributed by atoms with Crippen molar-refractivity contribution in [2.45, 2.75) is 6.42 Å². The molecule has 21 heavy (non-hydrogen) atoms. The van der Waals surface area contributed by atoms with Gasteiger partial charge < -0.3 is 14.8 Å². The maximum Gasteiger partial charge on any atom is 0.407 e. The van der Waals surface area contributed by atoms with Crippen molar-refractivity contribution in [1.82, 2.24) is 5.32 Å². The highest BCUT2D eigenvalue weighted by atomic mass is 32.2. The van der Waals surface area contributed by atoms with Gasteiger partial charge in [-0.2, -0.15) is 0 Å². The van der Waals surface area contributed by atoms with Crippen LogP contribution in [0.3, 0.4) is 0 Å². The van der Waals surface area contributed by atoms with Crippen LogP contribution in [0.4, 0.5) is 4.79 Å². The molecule has 1 aliphatic rings. The normalized spacial score (nSPS) is 19.9. The van der Waals surface area contributed by atoms with Gasteiger partial charge in [-0.15, -0.1) is 0 Å². The highest BCUT2D eigenvalue weighted by Crippen LogP contribution is 2.17. The summed E-state index contributed by atoms with van der Waals surface area (Å²) in [6.45, 7) is 0.747. The van der Waals surface area contributed by atoms with Gasteiger partial charge >= 0.3 is 6.09 Å². The van der Waals surface area contributed by atoms with E-state index in [9.17, 15) is 13.2 Å². The molecule has 0 radical (unpaired) electrons. The summed E-state index contributed by atoms with van der Waals surface area (Å²) < 4.78 is 32.9. The third kappa shape index (κ3) is 5.63. The van der Waals surface area contributed by atoms with Crippen LogP contribution in [-0.4, -0.2) is 45.8 Å². The standard InChI is InChI=1S/C14H19NO5S/c16-14(15-10-12-6-9-21(17,18)11-12)20-8-7-19-13-4-2-1-3-5-13/h1-5,12H,6-11H2,(H,15,16). The van der Waals surface area contributed by atoms with Crippen LogP contribution in [0.1, 0.15) is 6.42 Å². The van der Waals surface area contributed by atoms with E-state index < -0.39 is 15.9 Å². The van der Waals surface area contributed by atoms with Gasteiger partial charge in [0.1, 0.15) is 19.0 Å². The fraction of sp³-hybridized carbons (Fsp3) is 0.500. The topological polar surface area (TPSA) is 81.7 Å². The Morgan fingerprint density at radius 2 is 2.00 bits per heavy atom. The van der Waals surface area contributed by atoms with Crippen LogP contribution < -0.4 is 10.1 Å². The monoisotopic (exact) mass is 313 g/mol. The summed E-state index contributed by atoms with van der Waals surface area (Å²) in [7, 11) is -2.91. The van der Waals surface area contributed by atoms with Gasteiger partial charge in [0.15, 0.2) is 9.84 Å². The molecule has 0 saturated carbocycles. The molecular formula is C14H19NO5S. The van der Waals surface area contributed by atoms with E-state index in [1.165, 1.54) is 0 Å². The minimum Gasteiger partial charge on any atom is -0.490 e. The number of para-hydroxylation sites is 1. The molecule has 1 unspecified atom stereocenters. The molecule has 1 amide bonds. The second kappa shape index (κ2) is 7.31. The van der Waals surface area contributed by atoms with Crippen LogP contribution in [0.2, 0.25) is 0 Å². The van der Waals surface area contributed by atoms with E-state index in [2.05, 4.69) is 5.32 Å². The van der Waals surface area contributed by atoms with Crippen LogP contribution in [0.15, 0.2) is 30.3 Å². The van der Waals surface area contributed by atoms with Gasteiger partial charge in [-0.3, -0.25) is 0 Å². The van der Waals surface area contributed by atoms with Gasteiger partial charge in [-0.25, -0.2) is 13.2 Å². The van der Waals surface area contributed by atoms with Crippen LogP contribution in [0.5, 0.6) is 5.75 Å². The predicted molar refractivity (Wildman–Crippen MR) is 78.0 cm³/mol. The molecular weight excluding hydrogens is 294 g/mol. The van der Waals surface area contributed by atoms with Gasteiger partial charge in [0.25, 0.3) is 0 Å². The average molecular weight is 313 g/mol. The van der Waals surface area contributed by atoms with Crippen LogP contribution in [-0.2, 0) is 14.6 Å². The smallest absolute Gasteiger partial charge is 0.407 e. The number of amides is 1. The molecule has 2 rings (SSSR count). The molecule has 1 N–H and O–H groups in total. The zero-order valence-corrected chi connectivity index (χ0v) is 12.5.